The molecule has 1 saturated heterocycles. The zero-order chi connectivity index (χ0) is 20.9. The lowest BCUT2D eigenvalue weighted by Gasteiger charge is -2.39. The van der Waals surface area contributed by atoms with Crippen LogP contribution in [0.3, 0.4) is 0 Å². The zero-order valence-corrected chi connectivity index (χ0v) is 17.1. The Hall–Kier alpha value is -3.31. The van der Waals surface area contributed by atoms with Gasteiger partial charge in [0, 0.05) is 26.2 Å². The second-order valence-corrected chi connectivity index (χ2v) is 7.41. The molecule has 5 nitrogen and oxygen atoms in total. The number of para-hydroxylation sites is 1. The van der Waals surface area contributed by atoms with Crippen molar-refractivity contribution in [1.29, 1.82) is 0 Å². The van der Waals surface area contributed by atoms with Crippen LogP contribution < -0.4 is 4.74 Å². The summed E-state index contributed by atoms with van der Waals surface area (Å²) in [6.07, 6.45) is 0. The van der Waals surface area contributed by atoms with E-state index in [2.05, 4.69) is 53.4 Å². The first kappa shape index (κ1) is 20.0. The third kappa shape index (κ3) is 4.02. The lowest BCUT2D eigenvalue weighted by atomic mass is 9.96. The number of phenolic OH excluding ortho intramolecular Hbond substituents is 1. The summed E-state index contributed by atoms with van der Waals surface area (Å²) < 4.78 is 5.14. The van der Waals surface area contributed by atoms with Crippen molar-refractivity contribution in [2.75, 3.05) is 33.3 Å². The number of carbonyl (C=O) groups excluding carboxylic acids is 1. The van der Waals surface area contributed by atoms with Crippen molar-refractivity contribution in [2.24, 2.45) is 0 Å². The number of hydrogen-bond donors (Lipinski definition) is 1. The van der Waals surface area contributed by atoms with E-state index in [0.29, 0.717) is 18.8 Å². The SMILES string of the molecule is COc1cccc(C(=O)N2CCN(C(c3ccccc3)c3ccccc3)CC2)c1O. The van der Waals surface area contributed by atoms with E-state index < -0.39 is 0 Å². The van der Waals surface area contributed by atoms with Crippen LogP contribution in [0.4, 0.5) is 0 Å². The van der Waals surface area contributed by atoms with Gasteiger partial charge in [-0.25, -0.2) is 0 Å². The normalized spacial score (nSPS) is 14.7. The second kappa shape index (κ2) is 9.01. The molecule has 3 aromatic rings. The number of aromatic hydroxyl groups is 1. The molecule has 154 valence electrons. The Bertz CT molecular complexity index is 944. The second-order valence-electron chi connectivity index (χ2n) is 7.41. The zero-order valence-electron chi connectivity index (χ0n) is 17.1. The molecule has 0 aromatic heterocycles. The van der Waals surface area contributed by atoms with Crippen LogP contribution in [0, 0.1) is 0 Å². The summed E-state index contributed by atoms with van der Waals surface area (Å²) in [5.41, 5.74) is 2.77. The van der Waals surface area contributed by atoms with E-state index in [1.807, 2.05) is 12.1 Å². The molecule has 0 atom stereocenters. The van der Waals surface area contributed by atoms with E-state index in [-0.39, 0.29) is 23.3 Å². The molecule has 5 heteroatoms. The highest BCUT2D eigenvalue weighted by atomic mass is 16.5. The number of amides is 1. The summed E-state index contributed by atoms with van der Waals surface area (Å²) in [5, 5.41) is 10.3. The summed E-state index contributed by atoms with van der Waals surface area (Å²) >= 11 is 0. The standard InChI is InChI=1S/C25H26N2O3/c1-30-22-14-8-13-21(24(22)28)25(29)27-17-15-26(16-18-27)23(19-9-4-2-5-10-19)20-11-6-3-7-12-20/h2-14,23,28H,15-18H2,1H3. The number of nitrogens with zero attached hydrogens (tertiary/aromatic N) is 2. The molecule has 1 aliphatic heterocycles. The van der Waals surface area contributed by atoms with Crippen molar-refractivity contribution in [3.05, 3.63) is 95.6 Å². The molecule has 3 aromatic carbocycles. The van der Waals surface area contributed by atoms with Crippen LogP contribution in [-0.2, 0) is 0 Å². The van der Waals surface area contributed by atoms with Gasteiger partial charge in [-0.05, 0) is 23.3 Å². The summed E-state index contributed by atoms with van der Waals surface area (Å²) in [6, 6.07) is 26.1. The van der Waals surface area contributed by atoms with Gasteiger partial charge in [-0.2, -0.15) is 0 Å². The molecule has 1 fully saturated rings. The highest BCUT2D eigenvalue weighted by molar-refractivity contribution is 5.97. The fraction of sp³-hybridized carbons (Fsp3) is 0.240. The van der Waals surface area contributed by atoms with E-state index in [0.717, 1.165) is 13.1 Å². The van der Waals surface area contributed by atoms with Gasteiger partial charge < -0.3 is 14.7 Å². The molecule has 30 heavy (non-hydrogen) atoms. The predicted octanol–water partition coefficient (Wildman–Crippen LogP) is 3.95. The smallest absolute Gasteiger partial charge is 0.257 e. The molecule has 0 saturated carbocycles. The molecular weight excluding hydrogens is 376 g/mol. The topological polar surface area (TPSA) is 53.0 Å². The van der Waals surface area contributed by atoms with Crippen LogP contribution in [0.2, 0.25) is 0 Å². The number of phenols is 1. The number of methoxy groups -OCH3 is 1. The predicted molar refractivity (Wildman–Crippen MR) is 117 cm³/mol. The van der Waals surface area contributed by atoms with Crippen LogP contribution in [-0.4, -0.2) is 54.1 Å². The Labute approximate surface area is 177 Å². The number of rotatable bonds is 5. The summed E-state index contributed by atoms with van der Waals surface area (Å²) in [5.74, 6) is 0.0496. The van der Waals surface area contributed by atoms with Crippen LogP contribution in [0.25, 0.3) is 0 Å². The van der Waals surface area contributed by atoms with Gasteiger partial charge in [0.2, 0.25) is 0 Å². The summed E-state index contributed by atoms with van der Waals surface area (Å²) in [6.45, 7) is 2.72. The molecule has 4 rings (SSSR count). The monoisotopic (exact) mass is 402 g/mol. The van der Waals surface area contributed by atoms with Crippen molar-refractivity contribution >= 4 is 5.91 Å². The number of benzene rings is 3. The average Bonchev–Trinajstić information content (AvgIpc) is 2.81. The summed E-state index contributed by atoms with van der Waals surface area (Å²) in [7, 11) is 1.48. The van der Waals surface area contributed by atoms with Crippen LogP contribution in [0.1, 0.15) is 27.5 Å². The Balaban J connectivity index is 1.52. The largest absolute Gasteiger partial charge is 0.504 e. The van der Waals surface area contributed by atoms with Crippen molar-refractivity contribution in [1.82, 2.24) is 9.80 Å². The van der Waals surface area contributed by atoms with Crippen LogP contribution in [0.5, 0.6) is 11.5 Å². The van der Waals surface area contributed by atoms with Gasteiger partial charge in [0.15, 0.2) is 11.5 Å². The quantitative estimate of drug-likeness (QED) is 0.702. The molecule has 0 aliphatic carbocycles. The van der Waals surface area contributed by atoms with Crippen LogP contribution in [0.15, 0.2) is 78.9 Å². The van der Waals surface area contributed by atoms with Gasteiger partial charge in [-0.3, -0.25) is 9.69 Å². The van der Waals surface area contributed by atoms with Crippen molar-refractivity contribution in [3.63, 3.8) is 0 Å². The van der Waals surface area contributed by atoms with Gasteiger partial charge in [0.05, 0.1) is 18.7 Å². The van der Waals surface area contributed by atoms with Crippen molar-refractivity contribution < 1.29 is 14.6 Å². The van der Waals surface area contributed by atoms with Crippen molar-refractivity contribution in [3.8, 4) is 11.5 Å². The number of hydrogen-bond acceptors (Lipinski definition) is 4. The minimum Gasteiger partial charge on any atom is -0.504 e. The molecule has 1 aliphatic rings. The maximum atomic E-state index is 13.0. The maximum absolute atomic E-state index is 13.0. The number of ether oxygens (including phenoxy) is 1. The molecular formula is C25H26N2O3. The third-order valence-electron chi connectivity index (χ3n) is 5.65. The van der Waals surface area contributed by atoms with E-state index in [9.17, 15) is 9.90 Å². The molecule has 0 unspecified atom stereocenters. The van der Waals surface area contributed by atoms with Gasteiger partial charge in [0.1, 0.15) is 0 Å². The van der Waals surface area contributed by atoms with E-state index in [1.54, 1.807) is 23.1 Å². The summed E-state index contributed by atoms with van der Waals surface area (Å²) in [4.78, 5) is 17.2. The fourth-order valence-corrected chi connectivity index (χ4v) is 4.10. The third-order valence-corrected chi connectivity index (χ3v) is 5.65. The fourth-order valence-electron chi connectivity index (χ4n) is 4.10. The van der Waals surface area contributed by atoms with E-state index in [4.69, 9.17) is 4.74 Å². The van der Waals surface area contributed by atoms with Gasteiger partial charge in [0.25, 0.3) is 5.91 Å². The molecule has 0 bridgehead atoms. The van der Waals surface area contributed by atoms with E-state index in [1.165, 1.54) is 18.2 Å². The Morgan fingerprint density at radius 2 is 1.40 bits per heavy atom. The van der Waals surface area contributed by atoms with Crippen LogP contribution >= 0.6 is 0 Å². The lowest BCUT2D eigenvalue weighted by molar-refractivity contribution is 0.0594. The molecule has 0 radical (unpaired) electrons. The van der Waals surface area contributed by atoms with Crippen molar-refractivity contribution in [2.45, 2.75) is 6.04 Å². The first-order valence-corrected chi connectivity index (χ1v) is 10.2. The first-order chi connectivity index (χ1) is 14.7. The molecule has 1 N–H and O–H groups in total. The molecule has 1 heterocycles. The first-order valence-electron chi connectivity index (χ1n) is 10.2. The van der Waals surface area contributed by atoms with Gasteiger partial charge in [-0.15, -0.1) is 0 Å². The Morgan fingerprint density at radius 1 is 0.833 bits per heavy atom. The molecule has 1 amide bonds. The lowest BCUT2D eigenvalue weighted by Crippen LogP contribution is -2.49. The number of carbonyl (C=O) groups is 1. The Kier molecular flexibility index (Phi) is 6.00. The van der Waals surface area contributed by atoms with Gasteiger partial charge >= 0.3 is 0 Å². The minimum absolute atomic E-state index is 0.0983. The van der Waals surface area contributed by atoms with E-state index >= 15 is 0 Å². The average molecular weight is 402 g/mol. The number of piperazine rings is 1. The Morgan fingerprint density at radius 3 is 1.93 bits per heavy atom. The minimum atomic E-state index is -0.165. The maximum Gasteiger partial charge on any atom is 0.257 e. The molecule has 0 spiro atoms. The highest BCUT2D eigenvalue weighted by Crippen LogP contribution is 2.32. The highest BCUT2D eigenvalue weighted by Gasteiger charge is 2.29. The van der Waals surface area contributed by atoms with Gasteiger partial charge in [-0.1, -0.05) is 66.7 Å².